The first-order chi connectivity index (χ1) is 13.0. The minimum absolute atomic E-state index is 0.142. The minimum atomic E-state index is -1.48. The number of aliphatic hydroxyl groups excluding tert-OH is 4. The Hall–Kier alpha value is -1.22. The third kappa shape index (κ3) is 5.89. The summed E-state index contributed by atoms with van der Waals surface area (Å²) >= 11 is 0. The molecule has 28 heavy (non-hydrogen) atoms. The van der Waals surface area contributed by atoms with E-state index in [2.05, 4.69) is 6.92 Å². The van der Waals surface area contributed by atoms with E-state index in [1.807, 2.05) is 25.1 Å². The Labute approximate surface area is 166 Å². The molecule has 7 heteroatoms. The second-order valence-corrected chi connectivity index (χ2v) is 8.46. The van der Waals surface area contributed by atoms with Gasteiger partial charge >= 0.3 is 0 Å². The van der Waals surface area contributed by atoms with Crippen LogP contribution in [0.2, 0.25) is 0 Å². The Kier molecular flexibility index (Phi) is 7.84. The van der Waals surface area contributed by atoms with Gasteiger partial charge < -0.3 is 35.0 Å². The van der Waals surface area contributed by atoms with Crippen molar-refractivity contribution in [2.75, 3.05) is 6.61 Å². The number of rotatable bonds is 8. The zero-order valence-electron chi connectivity index (χ0n) is 17.1. The zero-order chi connectivity index (χ0) is 21.1. The molecule has 1 aromatic rings. The van der Waals surface area contributed by atoms with Crippen molar-refractivity contribution in [3.8, 4) is 5.75 Å². The number of hydrogen-bond donors (Lipinski definition) is 5. The zero-order valence-corrected chi connectivity index (χ0v) is 17.1. The highest BCUT2D eigenvalue weighted by molar-refractivity contribution is 5.39. The normalized spacial score (nSPS) is 29.5. The highest BCUT2D eigenvalue weighted by atomic mass is 16.7. The maximum absolute atomic E-state index is 10.2. The summed E-state index contributed by atoms with van der Waals surface area (Å²) in [6.07, 6.45) is -4.19. The molecule has 0 aromatic heterocycles. The summed E-state index contributed by atoms with van der Waals surface area (Å²) in [6, 6.07) is 5.77. The average Bonchev–Trinajstić information content (AvgIpc) is 2.61. The predicted octanol–water partition coefficient (Wildman–Crippen LogP) is 1.22. The summed E-state index contributed by atoms with van der Waals surface area (Å²) in [5.41, 5.74) is 1.19. The summed E-state index contributed by atoms with van der Waals surface area (Å²) in [6.45, 7) is 7.06. The first kappa shape index (κ1) is 23.1. The number of hydrogen-bond acceptors (Lipinski definition) is 7. The van der Waals surface area contributed by atoms with Crippen molar-refractivity contribution >= 4 is 0 Å². The van der Waals surface area contributed by atoms with Crippen LogP contribution in [0.25, 0.3) is 0 Å². The number of aliphatic hydroxyl groups is 5. The van der Waals surface area contributed by atoms with Crippen LogP contribution in [0.1, 0.15) is 57.1 Å². The highest BCUT2D eigenvalue weighted by Crippen LogP contribution is 2.34. The summed E-state index contributed by atoms with van der Waals surface area (Å²) in [5.74, 6) is 0.669. The molecule has 6 atom stereocenters. The van der Waals surface area contributed by atoms with Crippen molar-refractivity contribution in [3.05, 3.63) is 29.3 Å². The molecule has 1 heterocycles. The third-order valence-corrected chi connectivity index (χ3v) is 5.22. The Balaban J connectivity index is 2.15. The second kappa shape index (κ2) is 9.52. The van der Waals surface area contributed by atoms with E-state index in [0.717, 1.165) is 24.0 Å². The molecule has 1 fully saturated rings. The van der Waals surface area contributed by atoms with Crippen molar-refractivity contribution in [3.63, 3.8) is 0 Å². The summed E-state index contributed by atoms with van der Waals surface area (Å²) in [7, 11) is 0. The van der Waals surface area contributed by atoms with Gasteiger partial charge in [0.25, 0.3) is 0 Å². The molecule has 1 aromatic carbocycles. The van der Waals surface area contributed by atoms with Gasteiger partial charge in [-0.25, -0.2) is 0 Å². The molecule has 1 aliphatic heterocycles. The van der Waals surface area contributed by atoms with E-state index in [4.69, 9.17) is 9.47 Å². The van der Waals surface area contributed by atoms with E-state index in [9.17, 15) is 25.5 Å². The van der Waals surface area contributed by atoms with Gasteiger partial charge in [0.05, 0.1) is 12.2 Å². The standard InChI is InChI=1S/C21H34O7/c1-12-7-8-14(13(2)6-5-9-21(3,4)26)15(10-12)27-20-19(25)18(24)17(23)16(11-22)28-20/h7-8,10,13,16-20,22-26H,5-6,9,11H2,1-4H3/t13-,16?,17+,18?,19-,20+/m0/s1. The predicted molar refractivity (Wildman–Crippen MR) is 104 cm³/mol. The number of aryl methyl sites for hydroxylation is 1. The van der Waals surface area contributed by atoms with Crippen LogP contribution in [0.5, 0.6) is 5.75 Å². The van der Waals surface area contributed by atoms with Crippen LogP contribution in [0.3, 0.4) is 0 Å². The van der Waals surface area contributed by atoms with Gasteiger partial charge in [0.1, 0.15) is 30.2 Å². The fourth-order valence-electron chi connectivity index (χ4n) is 3.44. The summed E-state index contributed by atoms with van der Waals surface area (Å²) in [5, 5.41) is 49.4. The molecule has 1 saturated heterocycles. The van der Waals surface area contributed by atoms with E-state index in [0.29, 0.717) is 12.2 Å². The van der Waals surface area contributed by atoms with E-state index in [-0.39, 0.29) is 5.92 Å². The van der Waals surface area contributed by atoms with Gasteiger partial charge in [0.2, 0.25) is 6.29 Å². The second-order valence-electron chi connectivity index (χ2n) is 8.46. The van der Waals surface area contributed by atoms with Crippen LogP contribution in [0.15, 0.2) is 18.2 Å². The lowest BCUT2D eigenvalue weighted by atomic mass is 9.91. The van der Waals surface area contributed by atoms with E-state index in [1.165, 1.54) is 0 Å². The Morgan fingerprint density at radius 3 is 2.43 bits per heavy atom. The number of benzene rings is 1. The van der Waals surface area contributed by atoms with Crippen LogP contribution >= 0.6 is 0 Å². The minimum Gasteiger partial charge on any atom is -0.462 e. The Morgan fingerprint density at radius 2 is 1.82 bits per heavy atom. The van der Waals surface area contributed by atoms with Crippen LogP contribution in [0, 0.1) is 6.92 Å². The van der Waals surface area contributed by atoms with Gasteiger partial charge in [-0.05, 0) is 56.7 Å². The SMILES string of the molecule is Cc1ccc([C@@H](C)CCCC(C)(C)O)c(O[C@@H]2OC(CO)[C@@H](O)C(O)[C@@H]2O)c1. The molecule has 2 unspecified atom stereocenters. The maximum atomic E-state index is 10.2. The number of ether oxygens (including phenoxy) is 2. The van der Waals surface area contributed by atoms with Crippen LogP contribution < -0.4 is 4.74 Å². The maximum Gasteiger partial charge on any atom is 0.229 e. The van der Waals surface area contributed by atoms with E-state index < -0.39 is 42.9 Å². The lowest BCUT2D eigenvalue weighted by Gasteiger charge is -2.40. The van der Waals surface area contributed by atoms with Crippen LogP contribution in [-0.2, 0) is 4.74 Å². The third-order valence-electron chi connectivity index (χ3n) is 5.22. The molecule has 0 aliphatic carbocycles. The van der Waals surface area contributed by atoms with Gasteiger partial charge in [-0.3, -0.25) is 0 Å². The molecule has 7 nitrogen and oxygen atoms in total. The van der Waals surface area contributed by atoms with Gasteiger partial charge in [0, 0.05) is 0 Å². The Morgan fingerprint density at radius 1 is 1.14 bits per heavy atom. The molecule has 0 saturated carbocycles. The van der Waals surface area contributed by atoms with Gasteiger partial charge in [0.15, 0.2) is 0 Å². The largest absolute Gasteiger partial charge is 0.462 e. The first-order valence-corrected chi connectivity index (χ1v) is 9.83. The molecule has 0 bridgehead atoms. The van der Waals surface area contributed by atoms with Crippen molar-refractivity contribution in [2.45, 2.75) is 89.2 Å². The first-order valence-electron chi connectivity index (χ1n) is 9.83. The molecule has 160 valence electrons. The molecule has 0 radical (unpaired) electrons. The molecule has 0 spiro atoms. The van der Waals surface area contributed by atoms with Crippen molar-refractivity contribution in [2.24, 2.45) is 0 Å². The molecule has 5 N–H and O–H groups in total. The van der Waals surface area contributed by atoms with E-state index >= 15 is 0 Å². The molecule has 1 aliphatic rings. The Bertz CT molecular complexity index is 626. The van der Waals surface area contributed by atoms with Crippen molar-refractivity contribution in [1.29, 1.82) is 0 Å². The summed E-state index contributed by atoms with van der Waals surface area (Å²) in [4.78, 5) is 0. The van der Waals surface area contributed by atoms with Crippen LogP contribution in [-0.4, -0.2) is 68.4 Å². The summed E-state index contributed by atoms with van der Waals surface area (Å²) < 4.78 is 11.4. The van der Waals surface area contributed by atoms with E-state index in [1.54, 1.807) is 13.8 Å². The molecular weight excluding hydrogens is 364 g/mol. The molecule has 0 amide bonds. The van der Waals surface area contributed by atoms with Crippen molar-refractivity contribution in [1.82, 2.24) is 0 Å². The average molecular weight is 398 g/mol. The topological polar surface area (TPSA) is 120 Å². The lowest BCUT2D eigenvalue weighted by Crippen LogP contribution is -2.60. The smallest absolute Gasteiger partial charge is 0.229 e. The molecular formula is C21H34O7. The highest BCUT2D eigenvalue weighted by Gasteiger charge is 2.44. The van der Waals surface area contributed by atoms with Gasteiger partial charge in [-0.2, -0.15) is 0 Å². The van der Waals surface area contributed by atoms with Crippen molar-refractivity contribution < 1.29 is 35.0 Å². The fourth-order valence-corrected chi connectivity index (χ4v) is 3.44. The molecule has 2 rings (SSSR count). The van der Waals surface area contributed by atoms with Crippen LogP contribution in [0.4, 0.5) is 0 Å². The lowest BCUT2D eigenvalue weighted by molar-refractivity contribution is -0.277. The monoisotopic (exact) mass is 398 g/mol. The quantitative estimate of drug-likeness (QED) is 0.447. The fraction of sp³-hybridized carbons (Fsp3) is 0.714. The van der Waals surface area contributed by atoms with Gasteiger partial charge in [-0.1, -0.05) is 25.5 Å². The van der Waals surface area contributed by atoms with Gasteiger partial charge in [-0.15, -0.1) is 0 Å².